The van der Waals surface area contributed by atoms with E-state index in [1.165, 1.54) is 11.1 Å². The molecule has 90 valence electrons. The maximum absolute atomic E-state index is 5.35. The zero-order chi connectivity index (χ0) is 12.0. The zero-order valence-corrected chi connectivity index (χ0v) is 11.4. The van der Waals surface area contributed by atoms with Gasteiger partial charge < -0.3 is 10.1 Å². The van der Waals surface area contributed by atoms with Crippen LogP contribution in [0.3, 0.4) is 0 Å². The summed E-state index contributed by atoms with van der Waals surface area (Å²) in [5, 5.41) is 3.50. The van der Waals surface area contributed by atoms with Crippen LogP contribution in [0, 0.1) is 6.92 Å². The van der Waals surface area contributed by atoms with Crippen LogP contribution >= 0.6 is 11.8 Å². The smallest absolute Gasteiger partial charge is 0.123 e. The van der Waals surface area contributed by atoms with Crippen LogP contribution in [0.2, 0.25) is 0 Å². The lowest BCUT2D eigenvalue weighted by molar-refractivity contribution is 0.406. The van der Waals surface area contributed by atoms with Gasteiger partial charge in [-0.25, -0.2) is 0 Å². The average molecular weight is 239 g/mol. The van der Waals surface area contributed by atoms with E-state index in [1.54, 1.807) is 7.11 Å². The number of methoxy groups -OCH3 is 1. The molecule has 0 aliphatic rings. The van der Waals surface area contributed by atoms with Gasteiger partial charge in [-0.05, 0) is 26.2 Å². The van der Waals surface area contributed by atoms with E-state index < -0.39 is 0 Å². The Labute approximate surface area is 103 Å². The molecule has 0 fully saturated rings. The molecule has 0 saturated heterocycles. The monoisotopic (exact) mass is 239 g/mol. The van der Waals surface area contributed by atoms with Crippen molar-refractivity contribution in [3.8, 4) is 5.75 Å². The Hall–Kier alpha value is -0.670. The van der Waals surface area contributed by atoms with Crippen LogP contribution < -0.4 is 10.1 Å². The molecule has 0 bridgehead atoms. The summed E-state index contributed by atoms with van der Waals surface area (Å²) in [6.07, 6.45) is 2.13. The fourth-order valence-electron chi connectivity index (χ4n) is 1.64. The van der Waals surface area contributed by atoms with E-state index in [4.69, 9.17) is 4.74 Å². The van der Waals surface area contributed by atoms with Crippen molar-refractivity contribution >= 4 is 11.8 Å². The zero-order valence-electron chi connectivity index (χ0n) is 10.5. The molecule has 2 nitrogen and oxygen atoms in total. The summed E-state index contributed by atoms with van der Waals surface area (Å²) in [5.74, 6) is 2.10. The number of hydrogen-bond donors (Lipinski definition) is 1. The highest BCUT2D eigenvalue weighted by molar-refractivity contribution is 7.98. The highest BCUT2D eigenvalue weighted by Gasteiger charge is 2.05. The minimum absolute atomic E-state index is 0.528. The predicted molar refractivity (Wildman–Crippen MR) is 72.4 cm³/mol. The Morgan fingerprint density at radius 1 is 1.44 bits per heavy atom. The second-order valence-electron chi connectivity index (χ2n) is 4.05. The van der Waals surface area contributed by atoms with Crippen molar-refractivity contribution in [1.82, 2.24) is 5.32 Å². The molecule has 0 radical (unpaired) electrons. The predicted octanol–water partition coefficient (Wildman–Crippen LogP) is 2.84. The van der Waals surface area contributed by atoms with Crippen molar-refractivity contribution in [3.63, 3.8) is 0 Å². The number of thioether (sulfide) groups is 1. The largest absolute Gasteiger partial charge is 0.496 e. The lowest BCUT2D eigenvalue weighted by Gasteiger charge is -2.14. The van der Waals surface area contributed by atoms with Crippen LogP contribution in [0.25, 0.3) is 0 Å². The van der Waals surface area contributed by atoms with Crippen molar-refractivity contribution in [2.45, 2.75) is 26.4 Å². The molecular formula is C13H21NOS. The number of ether oxygens (including phenoxy) is 1. The molecule has 16 heavy (non-hydrogen) atoms. The Kier molecular flexibility index (Phi) is 5.71. The SMILES string of the molecule is COc1ccc(C)cc1CNC(C)CSC. The normalized spacial score (nSPS) is 12.5. The standard InChI is InChI=1S/C13H21NOS/c1-10-5-6-13(15-3)12(7-10)8-14-11(2)9-16-4/h5-7,11,14H,8-9H2,1-4H3. The lowest BCUT2D eigenvalue weighted by Crippen LogP contribution is -2.27. The fraction of sp³-hybridized carbons (Fsp3) is 0.538. The summed E-state index contributed by atoms with van der Waals surface area (Å²) in [6, 6.07) is 6.82. The third-order valence-electron chi connectivity index (χ3n) is 2.49. The molecule has 3 heteroatoms. The first kappa shape index (κ1) is 13.4. The topological polar surface area (TPSA) is 21.3 Å². The van der Waals surface area contributed by atoms with Gasteiger partial charge in [0, 0.05) is 23.9 Å². The van der Waals surface area contributed by atoms with Gasteiger partial charge in [-0.1, -0.05) is 17.7 Å². The van der Waals surface area contributed by atoms with Crippen LogP contribution in [0.4, 0.5) is 0 Å². The van der Waals surface area contributed by atoms with Crippen molar-refractivity contribution in [2.75, 3.05) is 19.1 Å². The van der Waals surface area contributed by atoms with Crippen LogP contribution in [0.1, 0.15) is 18.1 Å². The summed E-state index contributed by atoms with van der Waals surface area (Å²) in [5.41, 5.74) is 2.51. The highest BCUT2D eigenvalue weighted by atomic mass is 32.2. The Morgan fingerprint density at radius 2 is 2.19 bits per heavy atom. The number of benzene rings is 1. The first-order valence-corrected chi connectivity index (χ1v) is 6.92. The van der Waals surface area contributed by atoms with Gasteiger partial charge in [0.25, 0.3) is 0 Å². The molecule has 1 aromatic carbocycles. The molecule has 0 heterocycles. The highest BCUT2D eigenvalue weighted by Crippen LogP contribution is 2.19. The lowest BCUT2D eigenvalue weighted by atomic mass is 10.1. The number of rotatable bonds is 6. The molecular weight excluding hydrogens is 218 g/mol. The Balaban J connectivity index is 2.61. The summed E-state index contributed by atoms with van der Waals surface area (Å²) in [4.78, 5) is 0. The Morgan fingerprint density at radius 3 is 2.81 bits per heavy atom. The first-order chi connectivity index (χ1) is 7.67. The quantitative estimate of drug-likeness (QED) is 0.825. The molecule has 0 amide bonds. The van der Waals surface area contributed by atoms with E-state index in [0.29, 0.717) is 6.04 Å². The second-order valence-corrected chi connectivity index (χ2v) is 4.96. The summed E-state index contributed by atoms with van der Waals surface area (Å²) < 4.78 is 5.35. The number of hydrogen-bond acceptors (Lipinski definition) is 3. The van der Waals surface area contributed by atoms with Gasteiger partial charge in [0.1, 0.15) is 5.75 Å². The van der Waals surface area contributed by atoms with Gasteiger partial charge in [0.2, 0.25) is 0 Å². The summed E-state index contributed by atoms with van der Waals surface area (Å²) >= 11 is 1.86. The summed E-state index contributed by atoms with van der Waals surface area (Å²) in [7, 11) is 1.72. The van der Waals surface area contributed by atoms with Gasteiger partial charge >= 0.3 is 0 Å². The molecule has 0 aliphatic heterocycles. The van der Waals surface area contributed by atoms with Crippen molar-refractivity contribution < 1.29 is 4.74 Å². The first-order valence-electron chi connectivity index (χ1n) is 5.53. The maximum Gasteiger partial charge on any atom is 0.123 e. The van der Waals surface area contributed by atoms with Gasteiger partial charge in [-0.3, -0.25) is 0 Å². The van der Waals surface area contributed by atoms with E-state index >= 15 is 0 Å². The van der Waals surface area contributed by atoms with E-state index in [9.17, 15) is 0 Å². The average Bonchev–Trinajstić information content (AvgIpc) is 2.27. The van der Waals surface area contributed by atoms with E-state index in [0.717, 1.165) is 18.0 Å². The van der Waals surface area contributed by atoms with Crippen molar-refractivity contribution in [2.24, 2.45) is 0 Å². The fourth-order valence-corrected chi connectivity index (χ4v) is 2.26. The van der Waals surface area contributed by atoms with E-state index in [2.05, 4.69) is 37.6 Å². The molecule has 1 N–H and O–H groups in total. The van der Waals surface area contributed by atoms with Crippen LogP contribution in [0.5, 0.6) is 5.75 Å². The van der Waals surface area contributed by atoms with Gasteiger partial charge in [0.15, 0.2) is 0 Å². The molecule has 1 atom stereocenters. The van der Waals surface area contributed by atoms with Crippen LogP contribution in [-0.4, -0.2) is 25.2 Å². The van der Waals surface area contributed by atoms with Crippen molar-refractivity contribution in [1.29, 1.82) is 0 Å². The van der Waals surface area contributed by atoms with E-state index in [1.807, 2.05) is 17.8 Å². The van der Waals surface area contributed by atoms with Crippen LogP contribution in [-0.2, 0) is 6.54 Å². The van der Waals surface area contributed by atoms with Gasteiger partial charge in [-0.15, -0.1) is 0 Å². The number of nitrogens with one attached hydrogen (secondary N) is 1. The van der Waals surface area contributed by atoms with Gasteiger partial charge in [-0.2, -0.15) is 11.8 Å². The van der Waals surface area contributed by atoms with Crippen LogP contribution in [0.15, 0.2) is 18.2 Å². The Bertz CT molecular complexity index is 328. The van der Waals surface area contributed by atoms with Gasteiger partial charge in [0.05, 0.1) is 7.11 Å². The molecule has 0 aromatic heterocycles. The van der Waals surface area contributed by atoms with E-state index in [-0.39, 0.29) is 0 Å². The third-order valence-corrected chi connectivity index (χ3v) is 3.33. The third kappa shape index (κ3) is 4.06. The molecule has 0 saturated carbocycles. The van der Waals surface area contributed by atoms with Crippen molar-refractivity contribution in [3.05, 3.63) is 29.3 Å². The molecule has 1 aromatic rings. The summed E-state index contributed by atoms with van der Waals surface area (Å²) in [6.45, 7) is 5.18. The second kappa shape index (κ2) is 6.81. The number of aryl methyl sites for hydroxylation is 1. The molecule has 1 rings (SSSR count). The molecule has 0 aliphatic carbocycles. The molecule has 1 unspecified atom stereocenters. The minimum Gasteiger partial charge on any atom is -0.496 e. The molecule has 0 spiro atoms. The maximum atomic E-state index is 5.35. The minimum atomic E-state index is 0.528.